The molecular weight excluding hydrogens is 454 g/mol. The minimum Gasteiger partial charge on any atom is -0.454 e. The fraction of sp³-hybridized carbons (Fsp3) is 0.231. The van der Waals surface area contributed by atoms with Crippen LogP contribution in [0.5, 0.6) is 11.5 Å². The van der Waals surface area contributed by atoms with Crippen molar-refractivity contribution >= 4 is 17.1 Å². The molecule has 1 unspecified atom stereocenters. The zero-order valence-electron chi connectivity index (χ0n) is 18.7. The quantitative estimate of drug-likeness (QED) is 0.456. The average molecular weight is 476 g/mol. The van der Waals surface area contributed by atoms with Crippen LogP contribution in [0.1, 0.15) is 40.4 Å². The molecule has 2 aromatic heterocycles. The van der Waals surface area contributed by atoms with Gasteiger partial charge in [-0.25, -0.2) is 13.3 Å². The number of pyridine rings is 1. The molecule has 0 aliphatic carbocycles. The molecule has 2 aliphatic heterocycles. The Labute approximate surface area is 199 Å². The van der Waals surface area contributed by atoms with Gasteiger partial charge < -0.3 is 19.7 Å². The van der Waals surface area contributed by atoms with Crippen LogP contribution in [0.2, 0.25) is 0 Å². The Morgan fingerprint density at radius 1 is 1.09 bits per heavy atom. The number of hydrogen-bond donors (Lipinski definition) is 1. The monoisotopic (exact) mass is 476 g/mol. The van der Waals surface area contributed by atoms with E-state index in [2.05, 4.69) is 15.3 Å². The van der Waals surface area contributed by atoms with Gasteiger partial charge in [0.2, 0.25) is 6.79 Å². The van der Waals surface area contributed by atoms with Crippen molar-refractivity contribution in [2.45, 2.75) is 25.4 Å². The molecule has 2 aliphatic rings. The molecule has 0 spiro atoms. The number of anilines is 1. The summed E-state index contributed by atoms with van der Waals surface area (Å²) in [6, 6.07) is 12.6. The Hall–Kier alpha value is -4.14. The third-order valence-electron chi connectivity index (χ3n) is 6.54. The highest BCUT2D eigenvalue weighted by Crippen LogP contribution is 2.38. The molecular formula is C26H22F2N4O3. The number of hydrogen-bond acceptors (Lipinski definition) is 5. The van der Waals surface area contributed by atoms with E-state index in [0.717, 1.165) is 23.7 Å². The fourth-order valence-corrected chi connectivity index (χ4v) is 4.82. The molecule has 1 atom stereocenters. The zero-order chi connectivity index (χ0) is 23.9. The van der Waals surface area contributed by atoms with Gasteiger partial charge >= 0.3 is 0 Å². The van der Waals surface area contributed by atoms with Crippen molar-refractivity contribution in [2.75, 3.05) is 18.2 Å². The topological polar surface area (TPSA) is 68.1 Å². The smallest absolute Gasteiger partial charge is 0.255 e. The summed E-state index contributed by atoms with van der Waals surface area (Å²) in [6.07, 6.45) is 4.88. The first-order valence-corrected chi connectivity index (χ1v) is 11.4. The van der Waals surface area contributed by atoms with E-state index in [1.54, 1.807) is 10.7 Å². The predicted octanol–water partition coefficient (Wildman–Crippen LogP) is 4.61. The van der Waals surface area contributed by atoms with Crippen LogP contribution in [-0.4, -0.2) is 28.9 Å². The molecule has 0 saturated carbocycles. The van der Waals surface area contributed by atoms with Gasteiger partial charge in [0.15, 0.2) is 11.5 Å². The van der Waals surface area contributed by atoms with Gasteiger partial charge in [-0.15, -0.1) is 0 Å². The lowest BCUT2D eigenvalue weighted by Gasteiger charge is -2.27. The van der Waals surface area contributed by atoms with Crippen LogP contribution in [0, 0.1) is 11.6 Å². The minimum absolute atomic E-state index is 0.194. The Balaban J connectivity index is 1.25. The van der Waals surface area contributed by atoms with E-state index < -0.39 is 11.6 Å². The highest BCUT2D eigenvalue weighted by atomic mass is 19.1. The molecule has 4 heterocycles. The van der Waals surface area contributed by atoms with E-state index in [4.69, 9.17) is 9.47 Å². The van der Waals surface area contributed by atoms with E-state index in [-0.39, 0.29) is 18.7 Å². The normalized spacial score (nSPS) is 16.7. The number of fused-ring (bicyclic) bond motifs is 2. The maximum Gasteiger partial charge on any atom is 0.255 e. The minimum atomic E-state index is -0.457. The number of benzene rings is 2. The average Bonchev–Trinajstić information content (AvgIpc) is 3.62. The SMILES string of the molecule is O=C(NCc1ccc2c(c1)OCO2)c1cnn2ccc(N3CCCC3c3cc(F)ccc3F)cc12. The first-order valence-electron chi connectivity index (χ1n) is 11.4. The molecule has 35 heavy (non-hydrogen) atoms. The number of nitrogens with one attached hydrogen (secondary N) is 1. The molecule has 7 nitrogen and oxygen atoms in total. The Morgan fingerprint density at radius 3 is 2.89 bits per heavy atom. The third kappa shape index (κ3) is 3.92. The van der Waals surface area contributed by atoms with Gasteiger partial charge in [0, 0.05) is 30.5 Å². The van der Waals surface area contributed by atoms with Gasteiger partial charge in [0.05, 0.1) is 23.3 Å². The van der Waals surface area contributed by atoms with Crippen LogP contribution < -0.4 is 19.7 Å². The van der Waals surface area contributed by atoms with Crippen molar-refractivity contribution in [3.05, 3.63) is 89.2 Å². The van der Waals surface area contributed by atoms with E-state index >= 15 is 0 Å². The lowest BCUT2D eigenvalue weighted by atomic mass is 10.0. The lowest BCUT2D eigenvalue weighted by molar-refractivity contribution is 0.0952. The first-order chi connectivity index (χ1) is 17.1. The highest BCUT2D eigenvalue weighted by molar-refractivity contribution is 6.01. The second-order valence-corrected chi connectivity index (χ2v) is 8.66. The maximum absolute atomic E-state index is 14.5. The van der Waals surface area contributed by atoms with Crippen LogP contribution in [0.3, 0.4) is 0 Å². The molecule has 4 aromatic rings. The van der Waals surface area contributed by atoms with Crippen molar-refractivity contribution < 1.29 is 23.0 Å². The van der Waals surface area contributed by atoms with Gasteiger partial charge in [-0.3, -0.25) is 4.79 Å². The first kappa shape index (κ1) is 21.4. The van der Waals surface area contributed by atoms with E-state index in [1.165, 1.54) is 18.3 Å². The van der Waals surface area contributed by atoms with E-state index in [9.17, 15) is 13.6 Å². The van der Waals surface area contributed by atoms with Gasteiger partial charge in [-0.05, 0) is 60.9 Å². The van der Waals surface area contributed by atoms with Crippen LogP contribution in [0.4, 0.5) is 14.5 Å². The lowest BCUT2D eigenvalue weighted by Crippen LogP contribution is -2.24. The second-order valence-electron chi connectivity index (χ2n) is 8.66. The number of ether oxygens (including phenoxy) is 2. The van der Waals surface area contributed by atoms with Crippen LogP contribution in [0.25, 0.3) is 5.52 Å². The predicted molar refractivity (Wildman–Crippen MR) is 125 cm³/mol. The molecule has 178 valence electrons. The number of aromatic nitrogens is 2. The maximum atomic E-state index is 14.5. The third-order valence-corrected chi connectivity index (χ3v) is 6.54. The zero-order valence-corrected chi connectivity index (χ0v) is 18.7. The Morgan fingerprint density at radius 2 is 1.97 bits per heavy atom. The van der Waals surface area contributed by atoms with Crippen LogP contribution >= 0.6 is 0 Å². The largest absolute Gasteiger partial charge is 0.454 e. The van der Waals surface area contributed by atoms with Gasteiger partial charge in [0.25, 0.3) is 5.91 Å². The second kappa shape index (κ2) is 8.57. The molecule has 1 saturated heterocycles. The van der Waals surface area contributed by atoms with Gasteiger partial charge in [-0.2, -0.15) is 5.10 Å². The summed E-state index contributed by atoms with van der Waals surface area (Å²) in [5.41, 5.74) is 3.12. The van der Waals surface area contributed by atoms with Crippen molar-refractivity contribution in [1.82, 2.24) is 14.9 Å². The van der Waals surface area contributed by atoms with Crippen LogP contribution in [0.15, 0.2) is 60.9 Å². The van der Waals surface area contributed by atoms with Gasteiger partial charge in [-0.1, -0.05) is 6.07 Å². The standard InChI is InChI=1S/C26H22F2N4O3/c27-17-4-5-21(28)19(11-17)22-2-1-8-31(22)18-7-9-32-23(12-18)20(14-30-32)26(33)29-13-16-3-6-24-25(10-16)35-15-34-24/h3-7,9-12,14,22H,1-2,8,13,15H2,(H,29,33). The highest BCUT2D eigenvalue weighted by Gasteiger charge is 2.29. The summed E-state index contributed by atoms with van der Waals surface area (Å²) in [5, 5.41) is 7.23. The molecule has 6 rings (SSSR count). The van der Waals surface area contributed by atoms with Crippen molar-refractivity contribution in [1.29, 1.82) is 0 Å². The summed E-state index contributed by atoms with van der Waals surface area (Å²) in [4.78, 5) is 15.1. The molecule has 1 fully saturated rings. The Kier molecular flexibility index (Phi) is 5.24. The molecule has 1 N–H and O–H groups in total. The summed E-state index contributed by atoms with van der Waals surface area (Å²) >= 11 is 0. The number of nitrogens with zero attached hydrogens (tertiary/aromatic N) is 3. The summed E-state index contributed by atoms with van der Waals surface area (Å²) < 4.78 is 40.7. The summed E-state index contributed by atoms with van der Waals surface area (Å²) in [7, 11) is 0. The van der Waals surface area contributed by atoms with Gasteiger partial charge in [0.1, 0.15) is 11.6 Å². The van der Waals surface area contributed by atoms with Crippen LogP contribution in [-0.2, 0) is 6.54 Å². The van der Waals surface area contributed by atoms with E-state index in [1.807, 2.05) is 30.3 Å². The molecule has 1 amide bonds. The number of rotatable bonds is 5. The summed E-state index contributed by atoms with van der Waals surface area (Å²) in [5.74, 6) is 0.211. The number of halogens is 2. The Bertz CT molecular complexity index is 1440. The van der Waals surface area contributed by atoms with E-state index in [0.29, 0.717) is 47.7 Å². The molecule has 0 radical (unpaired) electrons. The molecule has 2 aromatic carbocycles. The number of amides is 1. The van der Waals surface area contributed by atoms with Crippen molar-refractivity contribution in [3.8, 4) is 11.5 Å². The molecule has 0 bridgehead atoms. The number of carbonyl (C=O) groups excluding carboxylic acids is 1. The van der Waals surface area contributed by atoms with Crippen molar-refractivity contribution in [2.24, 2.45) is 0 Å². The van der Waals surface area contributed by atoms with Crippen molar-refractivity contribution in [3.63, 3.8) is 0 Å². The fourth-order valence-electron chi connectivity index (χ4n) is 4.82. The number of carbonyl (C=O) groups is 1. The molecule has 9 heteroatoms. The summed E-state index contributed by atoms with van der Waals surface area (Å²) in [6.45, 7) is 1.22.